The summed E-state index contributed by atoms with van der Waals surface area (Å²) in [6.07, 6.45) is 1.05. The van der Waals surface area contributed by atoms with Gasteiger partial charge in [0.25, 0.3) is 5.91 Å². The molecule has 0 fully saturated rings. The Labute approximate surface area is 264 Å². The van der Waals surface area contributed by atoms with Gasteiger partial charge in [-0.2, -0.15) is 0 Å². The molecule has 12 nitrogen and oxygen atoms in total. The Morgan fingerprint density at radius 1 is 1.04 bits per heavy atom. The lowest BCUT2D eigenvalue weighted by Crippen LogP contribution is -2.42. The number of nitrogens with one attached hydrogen (secondary N) is 3. The van der Waals surface area contributed by atoms with E-state index in [0.29, 0.717) is 12.2 Å². The molecular formula is C32H33ClN6O6. The number of rotatable bonds is 10. The number of nitrogens with zero attached hydrogens (tertiary/aromatic N) is 3. The van der Waals surface area contributed by atoms with Crippen LogP contribution in [0.15, 0.2) is 66.9 Å². The number of fused-ring (bicyclic) bond motifs is 2. The number of H-pyrrole nitrogens is 1. The van der Waals surface area contributed by atoms with E-state index in [2.05, 4.69) is 26.9 Å². The molecule has 0 bridgehead atoms. The van der Waals surface area contributed by atoms with Crippen molar-refractivity contribution in [3.8, 4) is 11.3 Å². The molecule has 2 aromatic carbocycles. The van der Waals surface area contributed by atoms with Crippen LogP contribution >= 0.6 is 11.6 Å². The van der Waals surface area contributed by atoms with Crippen molar-refractivity contribution in [3.63, 3.8) is 0 Å². The van der Waals surface area contributed by atoms with Crippen LogP contribution in [0.4, 0.5) is 4.79 Å². The number of carbonyl (C=O) groups excluding carboxylic acids is 3. The van der Waals surface area contributed by atoms with Gasteiger partial charge in [-0.25, -0.2) is 20.1 Å². The molecule has 1 atom stereocenters. The van der Waals surface area contributed by atoms with Crippen molar-refractivity contribution in [3.05, 3.63) is 83.0 Å². The van der Waals surface area contributed by atoms with Gasteiger partial charge in [0.1, 0.15) is 24.9 Å². The standard InChI is InChI=1S/C32H33ClN6O6/c1-19(35-31(42)45-32(2,3)4)30(41)43-14-15-44-38-29(40)23-9-8-22(17-24(23)33)26-11-12-27-28(36-26)39(37-27)18-20-7-10-25-21(16-20)6-5-13-34-25/h5-13,16-17,19,37H,14-15,18H2,1-4H3,(H,35,42)(H,38,40)/t19-/m0/s1. The topological polar surface area (TPSA) is 149 Å². The summed E-state index contributed by atoms with van der Waals surface area (Å²) in [5.74, 6) is -1.24. The van der Waals surface area contributed by atoms with Crippen LogP contribution in [-0.2, 0) is 25.7 Å². The van der Waals surface area contributed by atoms with E-state index in [-0.39, 0.29) is 23.8 Å². The predicted octanol–water partition coefficient (Wildman–Crippen LogP) is 5.40. The van der Waals surface area contributed by atoms with E-state index in [0.717, 1.165) is 33.2 Å². The molecule has 0 spiro atoms. The number of hydrogen-bond acceptors (Lipinski definition) is 8. The van der Waals surface area contributed by atoms with Gasteiger partial charge in [-0.05, 0) is 75.7 Å². The molecule has 0 radical (unpaired) electrons. The van der Waals surface area contributed by atoms with E-state index in [4.69, 9.17) is 30.9 Å². The summed E-state index contributed by atoms with van der Waals surface area (Å²) in [6.45, 7) is 6.96. The lowest BCUT2D eigenvalue weighted by molar-refractivity contribution is -0.147. The van der Waals surface area contributed by atoms with Crippen molar-refractivity contribution >= 4 is 51.6 Å². The Bertz CT molecular complexity index is 1860. The zero-order valence-corrected chi connectivity index (χ0v) is 26.0. The number of aromatic nitrogens is 4. The molecule has 45 heavy (non-hydrogen) atoms. The highest BCUT2D eigenvalue weighted by atomic mass is 35.5. The van der Waals surface area contributed by atoms with Crippen LogP contribution in [0.3, 0.4) is 0 Å². The minimum absolute atomic E-state index is 0.119. The number of alkyl carbamates (subject to hydrolysis) is 1. The minimum atomic E-state index is -0.927. The number of hydroxylamine groups is 1. The van der Waals surface area contributed by atoms with Crippen molar-refractivity contribution in [2.75, 3.05) is 13.2 Å². The quantitative estimate of drug-likeness (QED) is 0.105. The minimum Gasteiger partial charge on any atom is -0.462 e. The van der Waals surface area contributed by atoms with Crippen molar-refractivity contribution < 1.29 is 28.7 Å². The number of amides is 2. The first kappa shape index (κ1) is 31.5. The monoisotopic (exact) mass is 632 g/mol. The number of esters is 1. The number of benzene rings is 2. The summed E-state index contributed by atoms with van der Waals surface area (Å²) in [5.41, 5.74) is 7.01. The third-order valence-electron chi connectivity index (χ3n) is 6.59. The highest BCUT2D eigenvalue weighted by Gasteiger charge is 2.22. The SMILES string of the molecule is C[C@H](NC(=O)OC(C)(C)C)C(=O)OCCONC(=O)c1ccc(-c2ccc3[nH]n(Cc4ccc5ncccc5c4)c3n2)cc1Cl. The van der Waals surface area contributed by atoms with Gasteiger partial charge in [0, 0.05) is 17.1 Å². The first-order valence-corrected chi connectivity index (χ1v) is 14.6. The smallest absolute Gasteiger partial charge is 0.408 e. The van der Waals surface area contributed by atoms with E-state index in [1.54, 1.807) is 45.2 Å². The first-order valence-electron chi connectivity index (χ1n) is 14.2. The first-order chi connectivity index (χ1) is 21.5. The second kappa shape index (κ2) is 13.4. The highest BCUT2D eigenvalue weighted by Crippen LogP contribution is 2.27. The largest absolute Gasteiger partial charge is 0.462 e. The summed E-state index contributed by atoms with van der Waals surface area (Å²) < 4.78 is 12.1. The summed E-state index contributed by atoms with van der Waals surface area (Å²) in [7, 11) is 0. The van der Waals surface area contributed by atoms with Crippen molar-refractivity contribution in [2.24, 2.45) is 0 Å². The zero-order chi connectivity index (χ0) is 32.1. The maximum atomic E-state index is 12.6. The average Bonchev–Trinajstić information content (AvgIpc) is 2.98. The Kier molecular flexibility index (Phi) is 9.35. The van der Waals surface area contributed by atoms with Gasteiger partial charge in [-0.3, -0.25) is 24.4 Å². The van der Waals surface area contributed by atoms with E-state index >= 15 is 0 Å². The predicted molar refractivity (Wildman–Crippen MR) is 169 cm³/mol. The molecule has 13 heteroatoms. The maximum absolute atomic E-state index is 12.6. The van der Waals surface area contributed by atoms with E-state index in [1.165, 1.54) is 6.92 Å². The molecular weight excluding hydrogens is 600 g/mol. The van der Waals surface area contributed by atoms with Crippen LogP contribution in [0, 0.1) is 0 Å². The molecule has 3 aromatic heterocycles. The lowest BCUT2D eigenvalue weighted by Gasteiger charge is -2.21. The lowest BCUT2D eigenvalue weighted by atomic mass is 10.1. The van der Waals surface area contributed by atoms with Crippen LogP contribution < -0.4 is 10.8 Å². The van der Waals surface area contributed by atoms with Gasteiger partial charge in [-0.1, -0.05) is 29.8 Å². The zero-order valence-electron chi connectivity index (χ0n) is 25.2. The van der Waals surface area contributed by atoms with E-state index in [9.17, 15) is 14.4 Å². The number of aromatic amines is 1. The molecule has 0 aliphatic carbocycles. The van der Waals surface area contributed by atoms with Crippen molar-refractivity contribution in [2.45, 2.75) is 45.9 Å². The normalized spacial score (nSPS) is 12.2. The van der Waals surface area contributed by atoms with Crippen LogP contribution in [0.25, 0.3) is 33.3 Å². The molecule has 5 rings (SSSR count). The van der Waals surface area contributed by atoms with Gasteiger partial charge in [0.05, 0.1) is 33.9 Å². The number of carbonyl (C=O) groups is 3. The molecule has 0 aliphatic rings. The fourth-order valence-corrected chi connectivity index (χ4v) is 4.72. The van der Waals surface area contributed by atoms with Crippen LogP contribution in [0.5, 0.6) is 0 Å². The summed E-state index contributed by atoms with van der Waals surface area (Å²) in [5, 5.41) is 6.98. The van der Waals surface area contributed by atoms with Gasteiger partial charge in [0.15, 0.2) is 5.65 Å². The molecule has 0 saturated heterocycles. The molecule has 0 unspecified atom stereocenters. The van der Waals surface area contributed by atoms with E-state index < -0.39 is 29.6 Å². The number of halogens is 1. The van der Waals surface area contributed by atoms with Crippen molar-refractivity contribution in [1.29, 1.82) is 0 Å². The van der Waals surface area contributed by atoms with Crippen LogP contribution in [0.1, 0.15) is 43.6 Å². The number of pyridine rings is 2. The number of ether oxygens (including phenoxy) is 2. The molecule has 0 aliphatic heterocycles. The Hall–Kier alpha value is -4.94. The molecule has 3 N–H and O–H groups in total. The molecule has 234 valence electrons. The summed E-state index contributed by atoms with van der Waals surface area (Å²) in [6, 6.07) is 18.0. The Balaban J connectivity index is 1.12. The van der Waals surface area contributed by atoms with Gasteiger partial charge < -0.3 is 14.8 Å². The second-order valence-corrected chi connectivity index (χ2v) is 11.7. The summed E-state index contributed by atoms with van der Waals surface area (Å²) >= 11 is 6.45. The molecule has 0 saturated carbocycles. The number of hydrogen-bond donors (Lipinski definition) is 3. The summed E-state index contributed by atoms with van der Waals surface area (Å²) in [4.78, 5) is 50.8. The van der Waals surface area contributed by atoms with Crippen LogP contribution in [0.2, 0.25) is 5.02 Å². The van der Waals surface area contributed by atoms with Crippen molar-refractivity contribution in [1.82, 2.24) is 30.5 Å². The third-order valence-corrected chi connectivity index (χ3v) is 6.90. The fraction of sp³-hybridized carbons (Fsp3) is 0.281. The van der Waals surface area contributed by atoms with Crippen LogP contribution in [-0.4, -0.2) is 62.6 Å². The Morgan fingerprint density at radius 3 is 2.64 bits per heavy atom. The highest BCUT2D eigenvalue weighted by molar-refractivity contribution is 6.34. The third kappa shape index (κ3) is 7.97. The Morgan fingerprint density at radius 2 is 1.87 bits per heavy atom. The molecule has 2 amide bonds. The average molecular weight is 633 g/mol. The fourth-order valence-electron chi connectivity index (χ4n) is 4.45. The maximum Gasteiger partial charge on any atom is 0.408 e. The van der Waals surface area contributed by atoms with Gasteiger partial charge >= 0.3 is 12.1 Å². The second-order valence-electron chi connectivity index (χ2n) is 11.3. The van der Waals surface area contributed by atoms with E-state index in [1.807, 2.05) is 41.1 Å². The molecule has 3 heterocycles. The molecule has 5 aromatic rings. The van der Waals surface area contributed by atoms with Gasteiger partial charge in [0.2, 0.25) is 0 Å². The van der Waals surface area contributed by atoms with Gasteiger partial charge in [-0.15, -0.1) is 0 Å².